The van der Waals surface area contributed by atoms with E-state index in [9.17, 15) is 0 Å². The zero-order valence-electron chi connectivity index (χ0n) is 14.4. The van der Waals surface area contributed by atoms with Crippen LogP contribution < -0.4 is 0 Å². The van der Waals surface area contributed by atoms with E-state index in [-0.39, 0.29) is 0 Å². The van der Waals surface area contributed by atoms with Gasteiger partial charge in [0.2, 0.25) is 0 Å². The van der Waals surface area contributed by atoms with Gasteiger partial charge >= 0.3 is 0 Å². The maximum Gasteiger partial charge on any atom is 0.123 e. The Kier molecular flexibility index (Phi) is 4.74. The van der Waals surface area contributed by atoms with Crippen molar-refractivity contribution >= 4 is 0 Å². The van der Waals surface area contributed by atoms with E-state index in [4.69, 9.17) is 9.47 Å². The molecule has 0 bridgehead atoms. The van der Waals surface area contributed by atoms with Crippen molar-refractivity contribution in [1.82, 2.24) is 0 Å². The van der Waals surface area contributed by atoms with Crippen molar-refractivity contribution in [2.75, 3.05) is 14.2 Å². The van der Waals surface area contributed by atoms with Crippen LogP contribution in [0.4, 0.5) is 0 Å². The summed E-state index contributed by atoms with van der Waals surface area (Å²) in [6.07, 6.45) is 0. The molecule has 0 aliphatic rings. The Morgan fingerprint density at radius 3 is 1.09 bits per heavy atom. The molecule has 0 amide bonds. The van der Waals surface area contributed by atoms with Crippen LogP contribution in [0.5, 0.6) is 0 Å². The third-order valence-electron chi connectivity index (χ3n) is 4.93. The fourth-order valence-electron chi connectivity index (χ4n) is 2.92. The summed E-state index contributed by atoms with van der Waals surface area (Å²) in [5.41, 5.74) is 3.49. The van der Waals surface area contributed by atoms with Gasteiger partial charge in [0.25, 0.3) is 0 Å². The van der Waals surface area contributed by atoms with Crippen LogP contribution in [0.1, 0.15) is 36.1 Å². The third-order valence-corrected chi connectivity index (χ3v) is 4.93. The van der Waals surface area contributed by atoms with Crippen LogP contribution in [0, 0.1) is 13.8 Å². The smallest absolute Gasteiger partial charge is 0.123 e. The molecular weight excluding hydrogens is 272 g/mol. The Bertz CT molecular complexity index is 558. The van der Waals surface area contributed by atoms with Gasteiger partial charge in [-0.25, -0.2) is 0 Å². The molecule has 0 aliphatic heterocycles. The van der Waals surface area contributed by atoms with Gasteiger partial charge in [-0.15, -0.1) is 0 Å². The van der Waals surface area contributed by atoms with Crippen LogP contribution in [-0.4, -0.2) is 14.2 Å². The lowest BCUT2D eigenvalue weighted by molar-refractivity contribution is -0.180. The standard InChI is InChI=1S/C20H26O2/c1-15-7-11-17(12-8-15)19(3,21-5)20(4,22-6)18-13-9-16(2)10-14-18/h7-14H,1-6H3. The van der Waals surface area contributed by atoms with Crippen LogP contribution in [0.15, 0.2) is 48.5 Å². The number of hydrogen-bond acceptors (Lipinski definition) is 2. The van der Waals surface area contributed by atoms with E-state index in [1.54, 1.807) is 14.2 Å². The fourth-order valence-corrected chi connectivity index (χ4v) is 2.92. The molecule has 0 aliphatic carbocycles. The van der Waals surface area contributed by atoms with Crippen LogP contribution >= 0.6 is 0 Å². The molecule has 0 heterocycles. The van der Waals surface area contributed by atoms with Gasteiger partial charge < -0.3 is 9.47 Å². The molecule has 2 unspecified atom stereocenters. The quantitative estimate of drug-likeness (QED) is 0.794. The highest BCUT2D eigenvalue weighted by atomic mass is 16.5. The summed E-state index contributed by atoms with van der Waals surface area (Å²) in [4.78, 5) is 0. The SMILES string of the molecule is COC(C)(c1ccc(C)cc1)C(C)(OC)c1ccc(C)cc1. The lowest BCUT2D eigenvalue weighted by atomic mass is 9.75. The minimum atomic E-state index is -0.593. The van der Waals surface area contributed by atoms with E-state index >= 15 is 0 Å². The van der Waals surface area contributed by atoms with E-state index in [1.165, 1.54) is 11.1 Å². The van der Waals surface area contributed by atoms with Gasteiger partial charge in [0, 0.05) is 14.2 Å². The molecule has 2 aromatic rings. The van der Waals surface area contributed by atoms with E-state index < -0.39 is 11.2 Å². The van der Waals surface area contributed by atoms with Crippen molar-refractivity contribution in [2.45, 2.75) is 38.9 Å². The van der Waals surface area contributed by atoms with E-state index in [0.717, 1.165) is 11.1 Å². The zero-order valence-corrected chi connectivity index (χ0v) is 14.4. The number of methoxy groups -OCH3 is 2. The molecule has 0 radical (unpaired) electrons. The van der Waals surface area contributed by atoms with E-state index in [0.29, 0.717) is 0 Å². The maximum atomic E-state index is 5.98. The first-order valence-electron chi connectivity index (χ1n) is 7.62. The van der Waals surface area contributed by atoms with Crippen molar-refractivity contribution < 1.29 is 9.47 Å². The average molecular weight is 298 g/mol. The van der Waals surface area contributed by atoms with Crippen LogP contribution in [0.2, 0.25) is 0 Å². The van der Waals surface area contributed by atoms with Crippen LogP contribution in [0.3, 0.4) is 0 Å². The summed E-state index contributed by atoms with van der Waals surface area (Å²) in [5.74, 6) is 0. The molecule has 2 nitrogen and oxygen atoms in total. The largest absolute Gasteiger partial charge is 0.370 e. The number of rotatable bonds is 5. The third kappa shape index (κ3) is 2.69. The molecule has 2 heteroatoms. The molecule has 0 N–H and O–H groups in total. The average Bonchev–Trinajstić information content (AvgIpc) is 2.54. The van der Waals surface area contributed by atoms with Gasteiger partial charge in [-0.1, -0.05) is 59.7 Å². The first-order chi connectivity index (χ1) is 10.4. The summed E-state index contributed by atoms with van der Waals surface area (Å²) in [5, 5.41) is 0. The second-order valence-electron chi connectivity index (χ2n) is 6.21. The normalized spacial score (nSPS) is 16.8. The summed E-state index contributed by atoms with van der Waals surface area (Å²) in [6, 6.07) is 16.9. The highest BCUT2D eigenvalue weighted by molar-refractivity contribution is 5.35. The first kappa shape index (κ1) is 16.7. The molecule has 2 aromatic carbocycles. The molecule has 0 saturated carbocycles. The van der Waals surface area contributed by atoms with Crippen molar-refractivity contribution in [3.05, 3.63) is 70.8 Å². The van der Waals surface area contributed by atoms with E-state index in [2.05, 4.69) is 76.2 Å². The van der Waals surface area contributed by atoms with Gasteiger partial charge in [-0.05, 0) is 38.8 Å². The minimum Gasteiger partial charge on any atom is -0.370 e. The van der Waals surface area contributed by atoms with Gasteiger partial charge in [0.1, 0.15) is 11.2 Å². The number of hydrogen-bond donors (Lipinski definition) is 0. The number of aryl methyl sites for hydroxylation is 2. The second kappa shape index (κ2) is 6.23. The summed E-state index contributed by atoms with van der Waals surface area (Å²) in [6.45, 7) is 8.34. The number of benzene rings is 2. The molecule has 118 valence electrons. The van der Waals surface area contributed by atoms with Crippen molar-refractivity contribution in [3.8, 4) is 0 Å². The monoisotopic (exact) mass is 298 g/mol. The lowest BCUT2D eigenvalue weighted by Crippen LogP contribution is -2.48. The van der Waals surface area contributed by atoms with Crippen molar-refractivity contribution in [1.29, 1.82) is 0 Å². The predicted molar refractivity (Wildman–Crippen MR) is 91.1 cm³/mol. The molecule has 2 atom stereocenters. The molecule has 0 fully saturated rings. The molecule has 2 rings (SSSR count). The fraction of sp³-hybridized carbons (Fsp3) is 0.400. The first-order valence-corrected chi connectivity index (χ1v) is 7.62. The zero-order chi connectivity index (χ0) is 16.4. The lowest BCUT2D eigenvalue weighted by Gasteiger charge is -2.45. The Labute approximate surface area is 134 Å². The molecule has 0 spiro atoms. The van der Waals surface area contributed by atoms with Gasteiger partial charge in [-0.2, -0.15) is 0 Å². The summed E-state index contributed by atoms with van der Waals surface area (Å²) in [7, 11) is 3.48. The molecule has 22 heavy (non-hydrogen) atoms. The van der Waals surface area contributed by atoms with Crippen LogP contribution in [-0.2, 0) is 20.7 Å². The Balaban J connectivity index is 2.57. The maximum absolute atomic E-state index is 5.98. The Morgan fingerprint density at radius 1 is 0.591 bits per heavy atom. The Hall–Kier alpha value is -1.64. The van der Waals surface area contributed by atoms with Gasteiger partial charge in [-0.3, -0.25) is 0 Å². The molecule has 0 saturated heterocycles. The van der Waals surface area contributed by atoms with Gasteiger partial charge in [0.05, 0.1) is 0 Å². The second-order valence-corrected chi connectivity index (χ2v) is 6.21. The van der Waals surface area contributed by atoms with Crippen molar-refractivity contribution in [2.24, 2.45) is 0 Å². The summed E-state index contributed by atoms with van der Waals surface area (Å²) < 4.78 is 12.0. The summed E-state index contributed by atoms with van der Waals surface area (Å²) >= 11 is 0. The van der Waals surface area contributed by atoms with E-state index in [1.807, 2.05) is 0 Å². The highest BCUT2D eigenvalue weighted by Crippen LogP contribution is 2.45. The highest BCUT2D eigenvalue weighted by Gasteiger charge is 2.48. The van der Waals surface area contributed by atoms with Gasteiger partial charge in [0.15, 0.2) is 0 Å². The van der Waals surface area contributed by atoms with Crippen molar-refractivity contribution in [3.63, 3.8) is 0 Å². The topological polar surface area (TPSA) is 18.5 Å². The Morgan fingerprint density at radius 2 is 0.864 bits per heavy atom. The minimum absolute atomic E-state index is 0.593. The molecular formula is C20H26O2. The predicted octanol–water partition coefficient (Wildman–Crippen LogP) is 4.73. The van der Waals surface area contributed by atoms with Crippen LogP contribution in [0.25, 0.3) is 0 Å². The number of ether oxygens (including phenoxy) is 2. The molecule has 0 aromatic heterocycles.